The van der Waals surface area contributed by atoms with E-state index in [0.717, 1.165) is 22.4 Å². The molecule has 2 aliphatic rings. The molecule has 1 fully saturated rings. The van der Waals surface area contributed by atoms with Gasteiger partial charge in [-0.3, -0.25) is 4.79 Å². The summed E-state index contributed by atoms with van der Waals surface area (Å²) in [5.74, 6) is 0.843. The molecule has 51 heavy (non-hydrogen) atoms. The molecule has 4 aromatic rings. The number of phenols is 2. The predicted octanol–water partition coefficient (Wildman–Crippen LogP) is 7.74. The van der Waals surface area contributed by atoms with Gasteiger partial charge in [0.1, 0.15) is 34.3 Å². The summed E-state index contributed by atoms with van der Waals surface area (Å²) in [7, 11) is 3.42. The molecule has 0 unspecified atom stereocenters. The number of fused-ring (bicyclic) bond motifs is 4. The molecule has 3 aromatic carbocycles. The molecular weight excluding hydrogens is 687 g/mol. The largest absolute Gasteiger partial charge is 0.508 e. The second-order valence-electron chi connectivity index (χ2n) is 14.2. The highest BCUT2D eigenvalue weighted by Crippen LogP contribution is 2.45. The van der Waals surface area contributed by atoms with E-state index in [1.54, 1.807) is 21.6 Å². The number of nitrogens with one attached hydrogen (secondary N) is 1. The molecule has 6 N–H and O–H groups in total. The average molecular weight is 736 g/mol. The number of benzene rings is 3. The van der Waals surface area contributed by atoms with Gasteiger partial charge in [0.15, 0.2) is 5.76 Å². The van der Waals surface area contributed by atoms with Crippen molar-refractivity contribution in [2.45, 2.75) is 95.6 Å². The third-order valence-electron chi connectivity index (χ3n) is 9.87. The predicted molar refractivity (Wildman–Crippen MR) is 205 cm³/mol. The third kappa shape index (κ3) is 8.66. The van der Waals surface area contributed by atoms with E-state index >= 15 is 0 Å². The van der Waals surface area contributed by atoms with Crippen LogP contribution in [0.4, 0.5) is 0 Å². The number of ether oxygens (including phenoxy) is 1. The molecule has 2 atom stereocenters. The molecule has 0 saturated heterocycles. The van der Waals surface area contributed by atoms with Crippen LogP contribution in [0.1, 0.15) is 92.7 Å². The van der Waals surface area contributed by atoms with Gasteiger partial charge in [-0.05, 0) is 66.3 Å². The van der Waals surface area contributed by atoms with E-state index in [1.165, 1.54) is 49.8 Å². The Morgan fingerprint density at radius 2 is 1.78 bits per heavy atom. The summed E-state index contributed by atoms with van der Waals surface area (Å²) in [5.41, 5.74) is 4.24. The Hall–Kier alpha value is -3.35. The lowest BCUT2D eigenvalue weighted by atomic mass is 9.88. The van der Waals surface area contributed by atoms with Crippen LogP contribution in [-0.4, -0.2) is 56.6 Å². The van der Waals surface area contributed by atoms with E-state index in [1.807, 2.05) is 6.07 Å². The summed E-state index contributed by atoms with van der Waals surface area (Å²) in [6.07, 6.45) is 7.12. The fourth-order valence-corrected chi connectivity index (χ4v) is 9.69. The maximum Gasteiger partial charge on any atom is 0.238 e. The normalized spacial score (nSPS) is 17.6. The Morgan fingerprint density at radius 1 is 0.980 bits per heavy atom. The zero-order valence-electron chi connectivity index (χ0n) is 29.3. The highest BCUT2D eigenvalue weighted by Gasteiger charge is 2.28. The Labute approximate surface area is 306 Å². The summed E-state index contributed by atoms with van der Waals surface area (Å²) in [5, 5.41) is 57.2. The zero-order valence-corrected chi connectivity index (χ0v) is 31.0. The Kier molecular flexibility index (Phi) is 12.5. The van der Waals surface area contributed by atoms with E-state index in [9.17, 15) is 30.3 Å². The number of hydrogen-bond acceptors (Lipinski definition) is 11. The first-order chi connectivity index (χ1) is 24.7. The molecular formula is C40H49NO8S2. The number of aromatic hydroxyl groups is 3. The lowest BCUT2D eigenvalue weighted by Gasteiger charge is -2.29. The highest BCUT2D eigenvalue weighted by molar-refractivity contribution is 8.76. The van der Waals surface area contributed by atoms with Crippen molar-refractivity contribution in [2.75, 3.05) is 19.0 Å². The van der Waals surface area contributed by atoms with Crippen LogP contribution in [0, 0.1) is 5.92 Å². The minimum atomic E-state index is -0.749. The third-order valence-corrected chi connectivity index (χ3v) is 12.2. The Bertz CT molecular complexity index is 1890. The number of hydrogen-bond donors (Lipinski definition) is 6. The molecule has 2 heterocycles. The van der Waals surface area contributed by atoms with E-state index in [0.29, 0.717) is 48.6 Å². The van der Waals surface area contributed by atoms with Gasteiger partial charge in [-0.25, -0.2) is 0 Å². The minimum absolute atomic E-state index is 0.0110. The monoisotopic (exact) mass is 735 g/mol. The van der Waals surface area contributed by atoms with Crippen LogP contribution in [-0.2, 0) is 18.6 Å². The van der Waals surface area contributed by atoms with Crippen LogP contribution in [0.3, 0.4) is 0 Å². The second-order valence-corrected chi connectivity index (χ2v) is 16.7. The van der Waals surface area contributed by atoms with Gasteiger partial charge in [0.2, 0.25) is 11.2 Å². The first-order valence-corrected chi connectivity index (χ1v) is 20.5. The standard InChI is InChI=1S/C40H49NO8S2/c1-23(2)14-26-17-31(40-39(47)38(46)36-34(18-28(44)19-35(36)49-40)48-29(20-43)12-7-13-42)32-21-50-51-22-33(41-27-10-4-3-5-11-27)25-9-6-8-24(15-25)16-30(32)37(26)45/h6,8-9,15,17-19,23,27,29,33,41-45,47H,3-5,7,10-14,16,20-22H2,1-2H3/t29-,33-/m0/s1. The first-order valence-electron chi connectivity index (χ1n) is 18.0. The lowest BCUT2D eigenvalue weighted by Crippen LogP contribution is -2.35. The smallest absolute Gasteiger partial charge is 0.238 e. The van der Waals surface area contributed by atoms with Crippen molar-refractivity contribution < 1.29 is 34.7 Å². The van der Waals surface area contributed by atoms with Crippen LogP contribution in [0.5, 0.6) is 23.0 Å². The Balaban J connectivity index is 1.47. The second kappa shape index (κ2) is 17.0. The van der Waals surface area contributed by atoms with Gasteiger partial charge in [-0.1, -0.05) is 79.0 Å². The minimum Gasteiger partial charge on any atom is -0.508 e. The molecule has 6 rings (SSSR count). The van der Waals surface area contributed by atoms with Gasteiger partial charge < -0.3 is 40.0 Å². The zero-order chi connectivity index (χ0) is 36.1. The lowest BCUT2D eigenvalue weighted by molar-refractivity contribution is 0.102. The van der Waals surface area contributed by atoms with Crippen molar-refractivity contribution in [2.24, 2.45) is 5.92 Å². The van der Waals surface area contributed by atoms with E-state index < -0.39 is 17.3 Å². The van der Waals surface area contributed by atoms with Crippen LogP contribution >= 0.6 is 21.6 Å². The van der Waals surface area contributed by atoms with Crippen molar-refractivity contribution >= 4 is 32.6 Å². The van der Waals surface area contributed by atoms with Crippen molar-refractivity contribution in [3.63, 3.8) is 0 Å². The van der Waals surface area contributed by atoms with Crippen LogP contribution in [0.15, 0.2) is 51.7 Å². The molecule has 0 amide bonds. The first kappa shape index (κ1) is 37.4. The number of aliphatic hydroxyl groups excluding tert-OH is 2. The van der Waals surface area contributed by atoms with Crippen LogP contribution < -0.4 is 15.5 Å². The van der Waals surface area contributed by atoms with E-state index in [4.69, 9.17) is 9.15 Å². The van der Waals surface area contributed by atoms with Crippen molar-refractivity contribution in [1.82, 2.24) is 5.32 Å². The quantitative estimate of drug-likeness (QED) is 0.0840. The Morgan fingerprint density at radius 3 is 2.53 bits per heavy atom. The van der Waals surface area contributed by atoms with Gasteiger partial charge in [0.25, 0.3) is 0 Å². The van der Waals surface area contributed by atoms with E-state index in [2.05, 4.69) is 43.4 Å². The van der Waals surface area contributed by atoms with Gasteiger partial charge in [0.05, 0.1) is 6.61 Å². The van der Waals surface area contributed by atoms with Crippen molar-refractivity contribution in [1.29, 1.82) is 0 Å². The fourth-order valence-electron chi connectivity index (χ4n) is 7.34. The fraction of sp³-hybridized carbons (Fsp3) is 0.475. The highest BCUT2D eigenvalue weighted by atomic mass is 33.1. The molecule has 0 radical (unpaired) electrons. The summed E-state index contributed by atoms with van der Waals surface area (Å²) in [4.78, 5) is 14.0. The molecule has 2 bridgehead atoms. The van der Waals surface area contributed by atoms with Crippen molar-refractivity contribution in [3.05, 3.63) is 80.5 Å². The maximum absolute atomic E-state index is 14.0. The summed E-state index contributed by atoms with van der Waals surface area (Å²) >= 11 is 0. The molecule has 1 aliphatic heterocycles. The molecule has 1 aliphatic carbocycles. The molecule has 9 nitrogen and oxygen atoms in total. The number of rotatable bonds is 11. The number of phenolic OH excluding ortho intramolecular Hbond substituents is 2. The SMILES string of the molecule is CC(C)Cc1cc(-c2oc3cc(O)cc(O[C@H](CO)CCCO)c3c(=O)c2O)c2c(c1O)Cc1cccc(c1)[C@@H](NC1CCCCC1)CSSC2. The summed E-state index contributed by atoms with van der Waals surface area (Å²) in [6.45, 7) is 3.68. The topological polar surface area (TPSA) is 153 Å². The molecule has 1 aromatic heterocycles. The van der Waals surface area contributed by atoms with Gasteiger partial charge in [0, 0.05) is 59.9 Å². The van der Waals surface area contributed by atoms with E-state index in [-0.39, 0.29) is 59.2 Å². The van der Waals surface area contributed by atoms with Gasteiger partial charge in [-0.2, -0.15) is 0 Å². The molecule has 274 valence electrons. The molecule has 1 saturated carbocycles. The average Bonchev–Trinajstić information content (AvgIpc) is 3.13. The number of aliphatic hydroxyl groups is 2. The van der Waals surface area contributed by atoms with Crippen LogP contribution in [0.25, 0.3) is 22.3 Å². The molecule has 11 heteroatoms. The summed E-state index contributed by atoms with van der Waals surface area (Å²) in [6, 6.07) is 13.6. The van der Waals surface area contributed by atoms with Gasteiger partial charge in [-0.15, -0.1) is 0 Å². The van der Waals surface area contributed by atoms with Gasteiger partial charge >= 0.3 is 0 Å². The van der Waals surface area contributed by atoms with Crippen LogP contribution in [0.2, 0.25) is 0 Å². The maximum atomic E-state index is 14.0. The molecule has 0 spiro atoms. The summed E-state index contributed by atoms with van der Waals surface area (Å²) < 4.78 is 12.3. The van der Waals surface area contributed by atoms with Crippen molar-refractivity contribution in [3.8, 4) is 34.3 Å².